The van der Waals surface area contributed by atoms with E-state index < -0.39 is 0 Å². The van der Waals surface area contributed by atoms with Crippen molar-refractivity contribution in [3.8, 4) is 0 Å². The standard InChI is InChI=1S/C17H26N2/c1-13(14-7-3-2-4-8-14)19-17-10-5-9-15(17)16-11-6-12-18-16/h2-4,7-8,13,15-19H,5-6,9-12H2,1H3/t13-,15?,16?,17?/m0/s1. The molecule has 2 fully saturated rings. The van der Waals surface area contributed by atoms with Crippen molar-refractivity contribution in [3.05, 3.63) is 35.9 Å². The van der Waals surface area contributed by atoms with Crippen LogP contribution in [0.25, 0.3) is 0 Å². The fourth-order valence-electron chi connectivity index (χ4n) is 3.91. The van der Waals surface area contributed by atoms with Crippen LogP contribution in [0.15, 0.2) is 30.3 Å². The first kappa shape index (κ1) is 13.1. The highest BCUT2D eigenvalue weighted by atomic mass is 15.0. The van der Waals surface area contributed by atoms with E-state index in [1.165, 1.54) is 44.2 Å². The van der Waals surface area contributed by atoms with E-state index in [1.807, 2.05) is 0 Å². The predicted octanol–water partition coefficient (Wildman–Crippen LogP) is 3.26. The highest BCUT2D eigenvalue weighted by Crippen LogP contribution is 2.33. The van der Waals surface area contributed by atoms with Crippen LogP contribution >= 0.6 is 0 Å². The van der Waals surface area contributed by atoms with Gasteiger partial charge in [-0.05, 0) is 50.6 Å². The van der Waals surface area contributed by atoms with Crippen LogP contribution in [0.3, 0.4) is 0 Å². The van der Waals surface area contributed by atoms with Crippen LogP contribution in [0.5, 0.6) is 0 Å². The molecular weight excluding hydrogens is 232 g/mol. The van der Waals surface area contributed by atoms with E-state index in [9.17, 15) is 0 Å². The second kappa shape index (κ2) is 6.06. The Labute approximate surface area is 117 Å². The minimum absolute atomic E-state index is 0.466. The number of hydrogen-bond acceptors (Lipinski definition) is 2. The maximum absolute atomic E-state index is 3.88. The lowest BCUT2D eigenvalue weighted by molar-refractivity contribution is 0.303. The summed E-state index contributed by atoms with van der Waals surface area (Å²) in [6.07, 6.45) is 6.88. The molecule has 3 rings (SSSR count). The van der Waals surface area contributed by atoms with E-state index in [0.29, 0.717) is 12.1 Å². The average molecular weight is 258 g/mol. The summed E-state index contributed by atoms with van der Waals surface area (Å²) in [4.78, 5) is 0. The lowest BCUT2D eigenvalue weighted by Gasteiger charge is -2.29. The summed E-state index contributed by atoms with van der Waals surface area (Å²) in [5.74, 6) is 0.841. The quantitative estimate of drug-likeness (QED) is 0.866. The fraction of sp³-hybridized carbons (Fsp3) is 0.647. The van der Waals surface area contributed by atoms with Crippen molar-refractivity contribution in [2.45, 2.75) is 57.2 Å². The smallest absolute Gasteiger partial charge is 0.0294 e. The van der Waals surface area contributed by atoms with E-state index in [4.69, 9.17) is 0 Å². The lowest BCUT2D eigenvalue weighted by Crippen LogP contribution is -2.42. The first-order valence-electron chi connectivity index (χ1n) is 7.89. The van der Waals surface area contributed by atoms with E-state index in [-0.39, 0.29) is 0 Å². The summed E-state index contributed by atoms with van der Waals surface area (Å²) >= 11 is 0. The molecule has 104 valence electrons. The van der Waals surface area contributed by atoms with Crippen LogP contribution < -0.4 is 10.6 Å². The van der Waals surface area contributed by atoms with E-state index in [0.717, 1.165) is 12.0 Å². The first-order valence-corrected chi connectivity index (χ1v) is 7.89. The van der Waals surface area contributed by atoms with Crippen molar-refractivity contribution in [1.82, 2.24) is 10.6 Å². The van der Waals surface area contributed by atoms with Crippen molar-refractivity contribution in [2.24, 2.45) is 5.92 Å². The Morgan fingerprint density at radius 1 is 1.11 bits per heavy atom. The molecule has 4 atom stereocenters. The molecule has 1 saturated carbocycles. The highest BCUT2D eigenvalue weighted by molar-refractivity contribution is 5.18. The summed E-state index contributed by atoms with van der Waals surface area (Å²) in [5, 5.41) is 7.58. The number of hydrogen-bond donors (Lipinski definition) is 2. The van der Waals surface area contributed by atoms with Crippen molar-refractivity contribution in [3.63, 3.8) is 0 Å². The summed E-state index contributed by atoms with van der Waals surface area (Å²) < 4.78 is 0. The van der Waals surface area contributed by atoms with Gasteiger partial charge in [-0.2, -0.15) is 0 Å². The second-order valence-corrected chi connectivity index (χ2v) is 6.20. The Morgan fingerprint density at radius 2 is 1.95 bits per heavy atom. The molecule has 2 heteroatoms. The van der Waals surface area contributed by atoms with Gasteiger partial charge in [0.25, 0.3) is 0 Å². The van der Waals surface area contributed by atoms with Crippen LogP contribution in [0.1, 0.15) is 50.6 Å². The molecule has 0 bridgehead atoms. The fourth-order valence-corrected chi connectivity index (χ4v) is 3.91. The van der Waals surface area contributed by atoms with Crippen LogP contribution in [-0.2, 0) is 0 Å². The first-order chi connectivity index (χ1) is 9.34. The SMILES string of the molecule is C[C@H](NC1CCCC1C1CCCN1)c1ccccc1. The van der Waals surface area contributed by atoms with Gasteiger partial charge in [0.15, 0.2) is 0 Å². The van der Waals surface area contributed by atoms with E-state index >= 15 is 0 Å². The Bertz CT molecular complexity index is 384. The van der Waals surface area contributed by atoms with Crippen molar-refractivity contribution in [1.29, 1.82) is 0 Å². The molecule has 2 N–H and O–H groups in total. The Kier molecular flexibility index (Phi) is 4.19. The maximum atomic E-state index is 3.88. The van der Waals surface area contributed by atoms with Crippen molar-refractivity contribution < 1.29 is 0 Å². The van der Waals surface area contributed by atoms with Gasteiger partial charge in [0.05, 0.1) is 0 Å². The molecule has 3 unspecified atom stereocenters. The van der Waals surface area contributed by atoms with Crippen LogP contribution in [0.4, 0.5) is 0 Å². The zero-order valence-corrected chi connectivity index (χ0v) is 11.9. The van der Waals surface area contributed by atoms with Gasteiger partial charge < -0.3 is 10.6 Å². The summed E-state index contributed by atoms with van der Waals surface area (Å²) in [5.41, 5.74) is 1.41. The topological polar surface area (TPSA) is 24.1 Å². The molecule has 1 aromatic rings. The third-order valence-corrected chi connectivity index (χ3v) is 4.95. The number of benzene rings is 1. The van der Waals surface area contributed by atoms with Gasteiger partial charge in [0.1, 0.15) is 0 Å². The van der Waals surface area contributed by atoms with Crippen molar-refractivity contribution >= 4 is 0 Å². The molecule has 0 aromatic heterocycles. The van der Waals surface area contributed by atoms with Gasteiger partial charge in [0, 0.05) is 18.1 Å². The molecule has 0 radical (unpaired) electrons. The van der Waals surface area contributed by atoms with Gasteiger partial charge in [-0.3, -0.25) is 0 Å². The molecule has 2 aliphatic rings. The average Bonchev–Trinajstić information content (AvgIpc) is 3.10. The molecule has 1 aliphatic carbocycles. The Morgan fingerprint density at radius 3 is 2.68 bits per heavy atom. The third kappa shape index (κ3) is 3.01. The van der Waals surface area contributed by atoms with Gasteiger partial charge in [-0.1, -0.05) is 36.8 Å². The molecular formula is C17H26N2. The number of rotatable bonds is 4. The van der Waals surface area contributed by atoms with Crippen molar-refractivity contribution in [2.75, 3.05) is 6.54 Å². The highest BCUT2D eigenvalue weighted by Gasteiger charge is 2.35. The minimum Gasteiger partial charge on any atom is -0.314 e. The molecule has 1 saturated heterocycles. The maximum Gasteiger partial charge on any atom is 0.0294 e. The molecule has 1 aliphatic heterocycles. The largest absolute Gasteiger partial charge is 0.314 e. The second-order valence-electron chi connectivity index (χ2n) is 6.20. The van der Waals surface area contributed by atoms with Gasteiger partial charge in [0.2, 0.25) is 0 Å². The Balaban J connectivity index is 1.62. The molecule has 0 spiro atoms. The molecule has 19 heavy (non-hydrogen) atoms. The number of nitrogens with one attached hydrogen (secondary N) is 2. The van der Waals surface area contributed by atoms with Gasteiger partial charge in [-0.25, -0.2) is 0 Å². The Hall–Kier alpha value is -0.860. The monoisotopic (exact) mass is 258 g/mol. The lowest BCUT2D eigenvalue weighted by atomic mass is 9.92. The third-order valence-electron chi connectivity index (χ3n) is 4.95. The minimum atomic E-state index is 0.466. The van der Waals surface area contributed by atoms with Gasteiger partial charge in [-0.15, -0.1) is 0 Å². The zero-order valence-electron chi connectivity index (χ0n) is 11.9. The van der Waals surface area contributed by atoms with Crippen LogP contribution in [0.2, 0.25) is 0 Å². The van der Waals surface area contributed by atoms with E-state index in [1.54, 1.807) is 0 Å². The van der Waals surface area contributed by atoms with Crippen LogP contribution in [0, 0.1) is 5.92 Å². The molecule has 1 heterocycles. The molecule has 0 amide bonds. The normalized spacial score (nSPS) is 32.6. The van der Waals surface area contributed by atoms with Gasteiger partial charge >= 0.3 is 0 Å². The van der Waals surface area contributed by atoms with Crippen LogP contribution in [-0.4, -0.2) is 18.6 Å². The summed E-state index contributed by atoms with van der Waals surface area (Å²) in [6.45, 7) is 3.52. The predicted molar refractivity (Wildman–Crippen MR) is 80.1 cm³/mol. The summed E-state index contributed by atoms with van der Waals surface area (Å²) in [7, 11) is 0. The molecule has 2 nitrogen and oxygen atoms in total. The summed E-state index contributed by atoms with van der Waals surface area (Å²) in [6, 6.07) is 12.8. The zero-order chi connectivity index (χ0) is 13.1. The molecule has 1 aromatic carbocycles. The van der Waals surface area contributed by atoms with E-state index in [2.05, 4.69) is 47.9 Å².